The summed E-state index contributed by atoms with van der Waals surface area (Å²) >= 11 is 0. The number of likely N-dealkylation sites (tertiary alicyclic amines) is 1. The van der Waals surface area contributed by atoms with E-state index in [9.17, 15) is 4.79 Å². The van der Waals surface area contributed by atoms with Gasteiger partial charge in [-0.05, 0) is 46.0 Å². The van der Waals surface area contributed by atoms with Crippen LogP contribution in [0, 0.1) is 11.3 Å². The van der Waals surface area contributed by atoms with Gasteiger partial charge >= 0.3 is 6.09 Å². The molecule has 1 heterocycles. The number of ether oxygens (including phenoxy) is 1. The molecule has 1 aliphatic rings. The minimum absolute atomic E-state index is 0.226. The second-order valence-electron chi connectivity index (χ2n) is 6.00. The Bertz CT molecular complexity index is 310. The first-order valence-electron chi connectivity index (χ1n) is 6.59. The van der Waals surface area contributed by atoms with Crippen LogP contribution in [0.2, 0.25) is 0 Å². The summed E-state index contributed by atoms with van der Waals surface area (Å²) in [6.07, 6.45) is 3.38. The molecule has 5 nitrogen and oxygen atoms in total. The number of rotatable bonds is 3. The molecule has 0 spiro atoms. The van der Waals surface area contributed by atoms with E-state index in [4.69, 9.17) is 15.9 Å². The minimum atomic E-state index is -0.441. The smallest absolute Gasteiger partial charge is 0.410 e. The lowest BCUT2D eigenvalue weighted by atomic mass is 9.93. The maximum absolute atomic E-state index is 11.9. The number of carbonyl (C=O) groups excluding carboxylic acids is 1. The van der Waals surface area contributed by atoms with Crippen molar-refractivity contribution in [1.82, 2.24) is 4.90 Å². The van der Waals surface area contributed by atoms with Gasteiger partial charge in [-0.2, -0.15) is 0 Å². The average molecular weight is 255 g/mol. The van der Waals surface area contributed by atoms with Gasteiger partial charge in [0.15, 0.2) is 0 Å². The predicted octanol–water partition coefficient (Wildman–Crippen LogP) is 2.35. The highest BCUT2D eigenvalue weighted by atomic mass is 16.6. The van der Waals surface area contributed by atoms with E-state index in [1.807, 2.05) is 20.8 Å². The Balaban J connectivity index is 2.43. The van der Waals surface area contributed by atoms with Crippen LogP contribution in [0.4, 0.5) is 4.79 Å². The van der Waals surface area contributed by atoms with Crippen molar-refractivity contribution in [1.29, 1.82) is 5.41 Å². The molecule has 0 aromatic rings. The fraction of sp³-hybridized carbons (Fsp3) is 0.846. The van der Waals surface area contributed by atoms with Crippen molar-refractivity contribution in [3.8, 4) is 0 Å². The van der Waals surface area contributed by atoms with E-state index in [0.29, 0.717) is 12.3 Å². The van der Waals surface area contributed by atoms with E-state index < -0.39 is 5.60 Å². The molecule has 0 aromatic heterocycles. The van der Waals surface area contributed by atoms with E-state index in [2.05, 4.69) is 0 Å². The standard InChI is InChI=1S/C13H25N3O2/c1-13(2,3)18-12(17)16-8-4-5-10(9-16)6-7-11(14)15/h10H,4-9H2,1-3H3,(H3,14,15). The number of nitrogens with two attached hydrogens (primary N) is 1. The van der Waals surface area contributed by atoms with Gasteiger partial charge in [0.25, 0.3) is 0 Å². The zero-order valence-electron chi connectivity index (χ0n) is 11.7. The highest BCUT2D eigenvalue weighted by Crippen LogP contribution is 2.22. The highest BCUT2D eigenvalue weighted by Gasteiger charge is 2.27. The first-order valence-corrected chi connectivity index (χ1v) is 6.59. The number of nitrogens with one attached hydrogen (secondary N) is 1. The molecule has 18 heavy (non-hydrogen) atoms. The zero-order valence-corrected chi connectivity index (χ0v) is 11.7. The molecular weight excluding hydrogens is 230 g/mol. The van der Waals surface area contributed by atoms with Crippen molar-refractivity contribution in [3.05, 3.63) is 0 Å². The van der Waals surface area contributed by atoms with Crippen LogP contribution in [-0.2, 0) is 4.74 Å². The summed E-state index contributed by atoms with van der Waals surface area (Å²) in [4.78, 5) is 13.7. The number of hydrogen-bond donors (Lipinski definition) is 2. The van der Waals surface area contributed by atoms with Crippen LogP contribution >= 0.6 is 0 Å². The van der Waals surface area contributed by atoms with Crippen LogP contribution in [-0.4, -0.2) is 35.5 Å². The summed E-state index contributed by atoms with van der Waals surface area (Å²) < 4.78 is 5.37. The van der Waals surface area contributed by atoms with E-state index in [1.54, 1.807) is 4.90 Å². The number of hydrogen-bond acceptors (Lipinski definition) is 3. The molecule has 1 fully saturated rings. The summed E-state index contributed by atoms with van der Waals surface area (Å²) in [5.74, 6) is 0.666. The Morgan fingerprint density at radius 1 is 1.50 bits per heavy atom. The van der Waals surface area contributed by atoms with E-state index in [-0.39, 0.29) is 11.9 Å². The van der Waals surface area contributed by atoms with Gasteiger partial charge in [0.05, 0.1) is 5.84 Å². The summed E-state index contributed by atoms with van der Waals surface area (Å²) in [6, 6.07) is 0. The van der Waals surface area contributed by atoms with Gasteiger partial charge in [-0.15, -0.1) is 0 Å². The maximum atomic E-state index is 11.9. The summed E-state index contributed by atoms with van der Waals surface area (Å²) in [6.45, 7) is 7.12. The molecule has 0 aromatic carbocycles. The molecule has 104 valence electrons. The van der Waals surface area contributed by atoms with Gasteiger partial charge in [0.2, 0.25) is 0 Å². The van der Waals surface area contributed by atoms with Crippen molar-refractivity contribution in [2.75, 3.05) is 13.1 Å². The fourth-order valence-corrected chi connectivity index (χ4v) is 2.15. The van der Waals surface area contributed by atoms with Crippen LogP contribution in [0.15, 0.2) is 0 Å². The molecule has 5 heteroatoms. The van der Waals surface area contributed by atoms with Gasteiger partial charge in [-0.25, -0.2) is 4.79 Å². The topological polar surface area (TPSA) is 79.4 Å². The minimum Gasteiger partial charge on any atom is -0.444 e. The summed E-state index contributed by atoms with van der Waals surface area (Å²) in [7, 11) is 0. The quantitative estimate of drug-likeness (QED) is 0.600. The Morgan fingerprint density at radius 2 is 2.17 bits per heavy atom. The summed E-state index contributed by atoms with van der Waals surface area (Å²) in [5.41, 5.74) is 4.92. The average Bonchev–Trinajstić information content (AvgIpc) is 2.24. The monoisotopic (exact) mass is 255 g/mol. The summed E-state index contributed by atoms with van der Waals surface area (Å²) in [5, 5.41) is 7.24. The van der Waals surface area contributed by atoms with Gasteiger partial charge in [-0.3, -0.25) is 5.41 Å². The molecule has 1 atom stereocenters. The SMILES string of the molecule is CC(C)(C)OC(=O)N1CCCC(CCC(=N)N)C1. The Hall–Kier alpha value is -1.26. The molecule has 0 aliphatic carbocycles. The maximum Gasteiger partial charge on any atom is 0.410 e. The molecule has 0 bridgehead atoms. The van der Waals surface area contributed by atoms with Crippen LogP contribution in [0.1, 0.15) is 46.5 Å². The molecule has 1 unspecified atom stereocenters. The predicted molar refractivity (Wildman–Crippen MR) is 71.7 cm³/mol. The molecule has 0 saturated carbocycles. The Labute approximate surface area is 109 Å². The fourth-order valence-electron chi connectivity index (χ4n) is 2.15. The van der Waals surface area contributed by atoms with Gasteiger partial charge in [-0.1, -0.05) is 0 Å². The molecule has 3 N–H and O–H groups in total. The molecule has 1 saturated heterocycles. The van der Waals surface area contributed by atoms with Crippen LogP contribution in [0.3, 0.4) is 0 Å². The number of carbonyl (C=O) groups is 1. The number of amidine groups is 1. The molecule has 0 radical (unpaired) electrons. The van der Waals surface area contributed by atoms with Gasteiger partial charge in [0.1, 0.15) is 5.60 Å². The molecule has 1 aliphatic heterocycles. The molecule has 1 amide bonds. The largest absolute Gasteiger partial charge is 0.444 e. The van der Waals surface area contributed by atoms with Crippen LogP contribution < -0.4 is 5.73 Å². The lowest BCUT2D eigenvalue weighted by Gasteiger charge is -2.34. The Kier molecular flexibility index (Phi) is 4.99. The zero-order chi connectivity index (χ0) is 13.8. The van der Waals surface area contributed by atoms with Crippen LogP contribution in [0.5, 0.6) is 0 Å². The first-order chi connectivity index (χ1) is 8.28. The third-order valence-corrected chi connectivity index (χ3v) is 2.99. The number of piperidine rings is 1. The van der Waals surface area contributed by atoms with Crippen molar-refractivity contribution in [2.45, 2.75) is 52.1 Å². The van der Waals surface area contributed by atoms with E-state index in [1.165, 1.54) is 0 Å². The first kappa shape index (κ1) is 14.8. The van der Waals surface area contributed by atoms with Crippen LogP contribution in [0.25, 0.3) is 0 Å². The third-order valence-electron chi connectivity index (χ3n) is 2.99. The van der Waals surface area contributed by atoms with Crippen molar-refractivity contribution < 1.29 is 9.53 Å². The molecule has 1 rings (SSSR count). The second-order valence-corrected chi connectivity index (χ2v) is 6.00. The second kappa shape index (κ2) is 6.07. The highest BCUT2D eigenvalue weighted by molar-refractivity contribution is 5.76. The van der Waals surface area contributed by atoms with Crippen molar-refractivity contribution in [2.24, 2.45) is 11.7 Å². The van der Waals surface area contributed by atoms with Crippen molar-refractivity contribution in [3.63, 3.8) is 0 Å². The number of amides is 1. The van der Waals surface area contributed by atoms with Gasteiger partial charge in [0, 0.05) is 19.5 Å². The van der Waals surface area contributed by atoms with Crippen molar-refractivity contribution >= 4 is 11.9 Å². The van der Waals surface area contributed by atoms with E-state index >= 15 is 0 Å². The van der Waals surface area contributed by atoms with E-state index in [0.717, 1.165) is 32.4 Å². The normalized spacial score (nSPS) is 20.6. The lowest BCUT2D eigenvalue weighted by Crippen LogP contribution is -2.43. The van der Waals surface area contributed by atoms with Gasteiger partial charge < -0.3 is 15.4 Å². The molecular formula is C13H25N3O2. The third kappa shape index (κ3) is 5.38. The Morgan fingerprint density at radius 3 is 2.72 bits per heavy atom. The number of nitrogens with zero attached hydrogens (tertiary/aromatic N) is 1. The lowest BCUT2D eigenvalue weighted by molar-refractivity contribution is 0.0163.